The number of hydrogen-bond donors (Lipinski definition) is 1. The first-order valence-corrected chi connectivity index (χ1v) is 9.54. The summed E-state index contributed by atoms with van der Waals surface area (Å²) in [5.41, 5.74) is 3.48. The summed E-state index contributed by atoms with van der Waals surface area (Å²) in [5.74, 6) is 0.00488. The van der Waals surface area contributed by atoms with Gasteiger partial charge in [-0.3, -0.25) is 4.79 Å². The highest BCUT2D eigenvalue weighted by Crippen LogP contribution is 2.26. The Labute approximate surface area is 165 Å². The lowest BCUT2D eigenvalue weighted by molar-refractivity contribution is -0.113. The molecule has 0 bridgehead atoms. The molecule has 4 nitrogen and oxygen atoms in total. The topological polar surface area (TPSA) is 54.9 Å². The molecule has 132 valence electrons. The van der Waals surface area contributed by atoms with Gasteiger partial charge in [0.25, 0.3) is 0 Å². The third-order valence-electron chi connectivity index (χ3n) is 3.61. The van der Waals surface area contributed by atoms with Crippen molar-refractivity contribution in [2.24, 2.45) is 0 Å². The third-order valence-corrected chi connectivity index (χ3v) is 5.10. The van der Waals surface area contributed by atoms with Crippen molar-refractivity contribution in [3.05, 3.63) is 70.2 Å². The molecular formula is C19H15Cl2N3OS. The van der Waals surface area contributed by atoms with E-state index in [2.05, 4.69) is 15.5 Å². The number of carbonyl (C=O) groups excluding carboxylic acids is 1. The van der Waals surface area contributed by atoms with Crippen LogP contribution in [0.25, 0.3) is 11.3 Å². The quantitative estimate of drug-likeness (QED) is 0.572. The van der Waals surface area contributed by atoms with Gasteiger partial charge in [0.15, 0.2) is 0 Å². The van der Waals surface area contributed by atoms with Crippen LogP contribution < -0.4 is 5.32 Å². The number of thioether (sulfide) groups is 1. The van der Waals surface area contributed by atoms with Gasteiger partial charge >= 0.3 is 0 Å². The van der Waals surface area contributed by atoms with Crippen molar-refractivity contribution in [2.45, 2.75) is 11.9 Å². The first kappa shape index (κ1) is 18.7. The maximum atomic E-state index is 12.1. The van der Waals surface area contributed by atoms with Crippen molar-refractivity contribution in [1.82, 2.24) is 10.2 Å². The molecule has 0 unspecified atom stereocenters. The second-order valence-electron chi connectivity index (χ2n) is 5.53. The van der Waals surface area contributed by atoms with Crippen LogP contribution in [0, 0.1) is 6.92 Å². The Kier molecular flexibility index (Phi) is 6.14. The van der Waals surface area contributed by atoms with Crippen LogP contribution >= 0.6 is 35.0 Å². The zero-order valence-electron chi connectivity index (χ0n) is 13.9. The van der Waals surface area contributed by atoms with E-state index in [1.54, 1.807) is 18.2 Å². The number of carbonyl (C=O) groups is 1. The standard InChI is InChI=1S/C19H15Cl2N3OS/c1-12-4-2-3-5-14(12)16-8-9-19(24-23-16)26-11-18(25)22-17-10-13(20)6-7-15(17)21/h2-10H,11H2,1H3,(H,22,25). The Morgan fingerprint density at radius 3 is 2.62 bits per heavy atom. The smallest absolute Gasteiger partial charge is 0.234 e. The van der Waals surface area contributed by atoms with Crippen LogP contribution in [0.1, 0.15) is 5.56 Å². The van der Waals surface area contributed by atoms with Crippen LogP contribution in [-0.4, -0.2) is 21.9 Å². The molecule has 7 heteroatoms. The van der Waals surface area contributed by atoms with Crippen molar-refractivity contribution in [3.8, 4) is 11.3 Å². The SMILES string of the molecule is Cc1ccccc1-c1ccc(SCC(=O)Nc2cc(Cl)ccc2Cl)nn1. The molecule has 0 aliphatic carbocycles. The van der Waals surface area contributed by atoms with E-state index in [1.165, 1.54) is 11.8 Å². The lowest BCUT2D eigenvalue weighted by Gasteiger charge is -2.08. The van der Waals surface area contributed by atoms with Crippen LogP contribution in [0.2, 0.25) is 10.0 Å². The number of rotatable bonds is 5. The van der Waals surface area contributed by atoms with E-state index in [4.69, 9.17) is 23.2 Å². The third kappa shape index (κ3) is 4.75. The predicted molar refractivity (Wildman–Crippen MR) is 108 cm³/mol. The lowest BCUT2D eigenvalue weighted by atomic mass is 10.1. The van der Waals surface area contributed by atoms with Crippen LogP contribution in [0.3, 0.4) is 0 Å². The van der Waals surface area contributed by atoms with Crippen molar-refractivity contribution in [1.29, 1.82) is 0 Å². The number of nitrogens with zero attached hydrogens (tertiary/aromatic N) is 2. The van der Waals surface area contributed by atoms with Gasteiger partial charge in [-0.2, -0.15) is 0 Å². The number of amides is 1. The molecule has 26 heavy (non-hydrogen) atoms. The van der Waals surface area contributed by atoms with Gasteiger partial charge in [-0.1, -0.05) is 59.2 Å². The van der Waals surface area contributed by atoms with E-state index in [0.717, 1.165) is 16.8 Å². The van der Waals surface area contributed by atoms with E-state index >= 15 is 0 Å². The van der Waals surface area contributed by atoms with Crippen LogP contribution in [0.5, 0.6) is 0 Å². The summed E-state index contributed by atoms with van der Waals surface area (Å²) in [4.78, 5) is 12.1. The van der Waals surface area contributed by atoms with Gasteiger partial charge in [-0.15, -0.1) is 10.2 Å². The molecule has 0 saturated carbocycles. The minimum atomic E-state index is -0.191. The van der Waals surface area contributed by atoms with E-state index in [0.29, 0.717) is 20.8 Å². The first-order chi connectivity index (χ1) is 12.5. The summed E-state index contributed by atoms with van der Waals surface area (Å²) < 4.78 is 0. The predicted octanol–water partition coefficient (Wildman–Crippen LogP) is 5.49. The molecule has 3 rings (SSSR count). The van der Waals surface area contributed by atoms with Crippen molar-refractivity contribution >= 4 is 46.6 Å². The Hall–Kier alpha value is -2.08. The zero-order valence-corrected chi connectivity index (χ0v) is 16.2. The van der Waals surface area contributed by atoms with Gasteiger partial charge in [0.05, 0.1) is 22.2 Å². The highest BCUT2D eigenvalue weighted by Gasteiger charge is 2.09. The van der Waals surface area contributed by atoms with Crippen molar-refractivity contribution in [2.75, 3.05) is 11.1 Å². The molecule has 1 heterocycles. The second-order valence-corrected chi connectivity index (χ2v) is 7.37. The largest absolute Gasteiger partial charge is 0.324 e. The van der Waals surface area contributed by atoms with Crippen molar-refractivity contribution < 1.29 is 4.79 Å². The Morgan fingerprint density at radius 2 is 1.88 bits per heavy atom. The van der Waals surface area contributed by atoms with Crippen molar-refractivity contribution in [3.63, 3.8) is 0 Å². The minimum Gasteiger partial charge on any atom is -0.324 e. The number of benzene rings is 2. The average Bonchev–Trinajstić information content (AvgIpc) is 2.64. The van der Waals surface area contributed by atoms with Gasteiger partial charge in [0.1, 0.15) is 5.03 Å². The Morgan fingerprint density at radius 1 is 1.08 bits per heavy atom. The molecule has 2 aromatic carbocycles. The fourth-order valence-electron chi connectivity index (χ4n) is 2.32. The molecule has 3 aromatic rings. The van der Waals surface area contributed by atoms with Crippen LogP contribution in [0.4, 0.5) is 5.69 Å². The maximum absolute atomic E-state index is 12.1. The first-order valence-electron chi connectivity index (χ1n) is 7.80. The zero-order chi connectivity index (χ0) is 18.5. The molecular weight excluding hydrogens is 389 g/mol. The summed E-state index contributed by atoms with van der Waals surface area (Å²) in [5, 5.41) is 12.8. The van der Waals surface area contributed by atoms with E-state index in [9.17, 15) is 4.79 Å². The lowest BCUT2D eigenvalue weighted by Crippen LogP contribution is -2.14. The van der Waals surface area contributed by atoms with Gasteiger partial charge in [0, 0.05) is 10.6 Å². The fraction of sp³-hybridized carbons (Fsp3) is 0.105. The summed E-state index contributed by atoms with van der Waals surface area (Å²) in [7, 11) is 0. The highest BCUT2D eigenvalue weighted by atomic mass is 35.5. The summed E-state index contributed by atoms with van der Waals surface area (Å²) >= 11 is 13.3. The molecule has 0 aliphatic heterocycles. The Balaban J connectivity index is 1.60. The minimum absolute atomic E-state index is 0.191. The summed E-state index contributed by atoms with van der Waals surface area (Å²) in [6, 6.07) is 16.7. The summed E-state index contributed by atoms with van der Waals surface area (Å²) in [6.45, 7) is 2.03. The molecule has 0 fully saturated rings. The van der Waals surface area contributed by atoms with Gasteiger partial charge in [-0.05, 0) is 42.8 Å². The molecule has 1 N–H and O–H groups in total. The van der Waals surface area contributed by atoms with E-state index in [-0.39, 0.29) is 11.7 Å². The number of halogens is 2. The van der Waals surface area contributed by atoms with E-state index < -0.39 is 0 Å². The molecule has 1 amide bonds. The highest BCUT2D eigenvalue weighted by molar-refractivity contribution is 7.99. The summed E-state index contributed by atoms with van der Waals surface area (Å²) in [6.07, 6.45) is 0. The Bertz CT molecular complexity index is 932. The second kappa shape index (κ2) is 8.54. The van der Waals surface area contributed by atoms with Gasteiger partial charge in [-0.25, -0.2) is 0 Å². The van der Waals surface area contributed by atoms with Crippen LogP contribution in [-0.2, 0) is 4.79 Å². The number of hydrogen-bond acceptors (Lipinski definition) is 4. The number of nitrogens with one attached hydrogen (secondary N) is 1. The number of aromatic nitrogens is 2. The van der Waals surface area contributed by atoms with Crippen LogP contribution in [0.15, 0.2) is 59.6 Å². The molecule has 0 aliphatic rings. The monoisotopic (exact) mass is 403 g/mol. The normalized spacial score (nSPS) is 10.6. The number of anilines is 1. The van der Waals surface area contributed by atoms with Gasteiger partial charge < -0.3 is 5.32 Å². The van der Waals surface area contributed by atoms with E-state index in [1.807, 2.05) is 43.3 Å². The van der Waals surface area contributed by atoms with Gasteiger partial charge in [0.2, 0.25) is 5.91 Å². The molecule has 0 radical (unpaired) electrons. The molecule has 0 saturated heterocycles. The molecule has 0 atom stereocenters. The fourth-order valence-corrected chi connectivity index (χ4v) is 3.27. The maximum Gasteiger partial charge on any atom is 0.234 e. The number of aryl methyl sites for hydroxylation is 1. The molecule has 0 spiro atoms. The molecule has 1 aromatic heterocycles. The average molecular weight is 404 g/mol.